The lowest BCUT2D eigenvalue weighted by molar-refractivity contribution is 0.513. The van der Waals surface area contributed by atoms with Crippen LogP contribution in [0.15, 0.2) is 35.1 Å². The van der Waals surface area contributed by atoms with Crippen molar-refractivity contribution in [2.24, 2.45) is 11.7 Å². The molecule has 1 aromatic carbocycles. The van der Waals surface area contributed by atoms with Crippen molar-refractivity contribution in [3.05, 3.63) is 40.6 Å². The van der Waals surface area contributed by atoms with E-state index in [0.29, 0.717) is 12.5 Å². The fourth-order valence-electron chi connectivity index (χ4n) is 2.26. The Morgan fingerprint density at radius 1 is 1.29 bits per heavy atom. The molecule has 1 heterocycles. The Kier molecular flexibility index (Phi) is 9.09. The molecule has 0 fully saturated rings. The zero-order valence-electron chi connectivity index (χ0n) is 12.1. The van der Waals surface area contributed by atoms with Crippen LogP contribution in [0.5, 0.6) is 0 Å². The number of aromatic amines is 1. The molecule has 4 N–H and O–H groups in total. The molecule has 0 aliphatic carbocycles. The number of hydrogen-bond acceptors (Lipinski definition) is 3. The van der Waals surface area contributed by atoms with Gasteiger partial charge in [0.15, 0.2) is 5.43 Å². The SMILES string of the molecule is CCCC(CN)CNc1cc(=O)c2ccccc2[nH]1.Cl.Cl. The summed E-state index contributed by atoms with van der Waals surface area (Å²) >= 11 is 0. The van der Waals surface area contributed by atoms with E-state index in [0.717, 1.165) is 36.1 Å². The molecule has 1 unspecified atom stereocenters. The first-order chi connectivity index (χ1) is 9.24. The highest BCUT2D eigenvalue weighted by Gasteiger charge is 2.06. The summed E-state index contributed by atoms with van der Waals surface area (Å²) in [6.45, 7) is 3.61. The number of anilines is 1. The zero-order chi connectivity index (χ0) is 13.7. The molecule has 0 aliphatic rings. The van der Waals surface area contributed by atoms with Crippen LogP contribution in [0.3, 0.4) is 0 Å². The van der Waals surface area contributed by atoms with Gasteiger partial charge in [0, 0.05) is 18.0 Å². The summed E-state index contributed by atoms with van der Waals surface area (Å²) in [5.74, 6) is 1.21. The zero-order valence-corrected chi connectivity index (χ0v) is 13.7. The second-order valence-corrected chi connectivity index (χ2v) is 4.86. The number of nitrogens with two attached hydrogens (primary N) is 1. The van der Waals surface area contributed by atoms with Gasteiger partial charge in [0.2, 0.25) is 0 Å². The number of rotatable bonds is 6. The van der Waals surface area contributed by atoms with Gasteiger partial charge in [-0.3, -0.25) is 4.79 Å². The number of pyridine rings is 1. The molecule has 0 aliphatic heterocycles. The second-order valence-electron chi connectivity index (χ2n) is 4.86. The Hall–Kier alpha value is -1.23. The van der Waals surface area contributed by atoms with Crippen molar-refractivity contribution >= 4 is 41.5 Å². The van der Waals surface area contributed by atoms with Crippen LogP contribution in [-0.4, -0.2) is 18.1 Å². The van der Waals surface area contributed by atoms with Crippen LogP contribution in [0.1, 0.15) is 19.8 Å². The number of aromatic nitrogens is 1. The molecule has 1 atom stereocenters. The summed E-state index contributed by atoms with van der Waals surface area (Å²) in [5.41, 5.74) is 6.63. The highest BCUT2D eigenvalue weighted by Crippen LogP contribution is 2.11. The van der Waals surface area contributed by atoms with Crippen LogP contribution in [0, 0.1) is 5.92 Å². The third kappa shape index (κ3) is 5.23. The first-order valence-corrected chi connectivity index (χ1v) is 6.80. The maximum Gasteiger partial charge on any atom is 0.191 e. The van der Waals surface area contributed by atoms with Crippen molar-refractivity contribution in [1.29, 1.82) is 0 Å². The predicted octanol–water partition coefficient (Wildman–Crippen LogP) is 3.16. The topological polar surface area (TPSA) is 70.9 Å². The van der Waals surface area contributed by atoms with Crippen molar-refractivity contribution in [3.63, 3.8) is 0 Å². The molecule has 0 amide bonds. The third-order valence-electron chi connectivity index (χ3n) is 3.35. The van der Waals surface area contributed by atoms with E-state index < -0.39 is 0 Å². The van der Waals surface area contributed by atoms with Gasteiger partial charge in [0.25, 0.3) is 0 Å². The molecule has 2 rings (SSSR count). The predicted molar refractivity (Wildman–Crippen MR) is 95.0 cm³/mol. The van der Waals surface area contributed by atoms with Gasteiger partial charge in [-0.25, -0.2) is 0 Å². The Morgan fingerprint density at radius 3 is 2.67 bits per heavy atom. The first-order valence-electron chi connectivity index (χ1n) is 6.80. The lowest BCUT2D eigenvalue weighted by Crippen LogP contribution is -2.23. The minimum absolute atomic E-state index is 0. The van der Waals surface area contributed by atoms with Gasteiger partial charge >= 0.3 is 0 Å². The highest BCUT2D eigenvalue weighted by atomic mass is 35.5. The van der Waals surface area contributed by atoms with E-state index in [4.69, 9.17) is 5.73 Å². The van der Waals surface area contributed by atoms with Gasteiger partial charge < -0.3 is 16.0 Å². The summed E-state index contributed by atoms with van der Waals surface area (Å²) in [4.78, 5) is 15.2. The van der Waals surface area contributed by atoms with Crippen LogP contribution >= 0.6 is 24.8 Å². The van der Waals surface area contributed by atoms with Crippen molar-refractivity contribution in [3.8, 4) is 0 Å². The van der Waals surface area contributed by atoms with Crippen molar-refractivity contribution in [1.82, 2.24) is 4.98 Å². The van der Waals surface area contributed by atoms with Gasteiger partial charge in [0.05, 0.1) is 5.52 Å². The normalized spacial score (nSPS) is 11.3. The third-order valence-corrected chi connectivity index (χ3v) is 3.35. The number of H-pyrrole nitrogens is 1. The Morgan fingerprint density at radius 2 is 2.00 bits per heavy atom. The molecule has 21 heavy (non-hydrogen) atoms. The smallest absolute Gasteiger partial charge is 0.191 e. The first kappa shape index (κ1) is 19.8. The van der Waals surface area contributed by atoms with E-state index >= 15 is 0 Å². The molecule has 0 bridgehead atoms. The number of benzene rings is 1. The number of halogens is 2. The summed E-state index contributed by atoms with van der Waals surface area (Å²) in [6.07, 6.45) is 2.22. The van der Waals surface area contributed by atoms with E-state index in [1.54, 1.807) is 6.07 Å². The highest BCUT2D eigenvalue weighted by molar-refractivity contribution is 5.85. The average Bonchev–Trinajstić information content (AvgIpc) is 2.43. The van der Waals surface area contributed by atoms with Gasteiger partial charge in [-0.1, -0.05) is 25.5 Å². The summed E-state index contributed by atoms with van der Waals surface area (Å²) < 4.78 is 0. The Bertz CT molecular complexity index is 601. The maximum atomic E-state index is 12.0. The number of nitrogens with one attached hydrogen (secondary N) is 2. The fourth-order valence-corrected chi connectivity index (χ4v) is 2.26. The standard InChI is InChI=1S/C15H21N3O.2ClH/c1-2-5-11(9-16)10-17-15-8-14(19)12-6-3-4-7-13(12)18-15;;/h3-4,6-8,11H,2,5,9-10,16H2,1H3,(H2,17,18,19);2*1H. The lowest BCUT2D eigenvalue weighted by atomic mass is 10.0. The van der Waals surface area contributed by atoms with Crippen LogP contribution in [0.4, 0.5) is 5.82 Å². The number of fused-ring (bicyclic) bond motifs is 1. The van der Waals surface area contributed by atoms with E-state index in [1.165, 1.54) is 0 Å². The molecular formula is C15H23Cl2N3O. The van der Waals surface area contributed by atoms with Crippen LogP contribution in [-0.2, 0) is 0 Å². The Labute approximate surface area is 137 Å². The van der Waals surface area contributed by atoms with Gasteiger partial charge in [-0.2, -0.15) is 0 Å². The van der Waals surface area contributed by atoms with Crippen LogP contribution in [0.25, 0.3) is 10.9 Å². The molecule has 0 saturated heterocycles. The van der Waals surface area contributed by atoms with Gasteiger partial charge in [-0.15, -0.1) is 24.8 Å². The van der Waals surface area contributed by atoms with Crippen LogP contribution < -0.4 is 16.5 Å². The average molecular weight is 332 g/mol. The molecule has 2 aromatic rings. The molecule has 0 spiro atoms. The molecule has 118 valence electrons. The van der Waals surface area contributed by atoms with E-state index in [2.05, 4.69) is 17.2 Å². The van der Waals surface area contributed by atoms with E-state index in [1.807, 2.05) is 24.3 Å². The number of para-hydroxylation sites is 1. The molecule has 0 saturated carbocycles. The van der Waals surface area contributed by atoms with Crippen molar-refractivity contribution in [2.75, 3.05) is 18.4 Å². The van der Waals surface area contributed by atoms with Crippen LogP contribution in [0.2, 0.25) is 0 Å². The fraction of sp³-hybridized carbons (Fsp3) is 0.400. The Balaban J connectivity index is 0.00000200. The molecule has 1 aromatic heterocycles. The van der Waals surface area contributed by atoms with Gasteiger partial charge in [0.1, 0.15) is 5.82 Å². The lowest BCUT2D eigenvalue weighted by Gasteiger charge is -2.15. The molecule has 0 radical (unpaired) electrons. The monoisotopic (exact) mass is 331 g/mol. The maximum absolute atomic E-state index is 12.0. The quantitative estimate of drug-likeness (QED) is 0.761. The number of hydrogen-bond donors (Lipinski definition) is 3. The summed E-state index contributed by atoms with van der Waals surface area (Å²) in [6, 6.07) is 9.14. The van der Waals surface area contributed by atoms with E-state index in [9.17, 15) is 4.79 Å². The summed E-state index contributed by atoms with van der Waals surface area (Å²) in [5, 5.41) is 4.00. The van der Waals surface area contributed by atoms with Crippen molar-refractivity contribution < 1.29 is 0 Å². The minimum atomic E-state index is 0. The van der Waals surface area contributed by atoms with Crippen molar-refractivity contribution in [2.45, 2.75) is 19.8 Å². The second kappa shape index (κ2) is 9.66. The minimum Gasteiger partial charge on any atom is -0.371 e. The largest absolute Gasteiger partial charge is 0.371 e. The van der Waals surface area contributed by atoms with Gasteiger partial charge in [-0.05, 0) is 31.0 Å². The molecule has 4 nitrogen and oxygen atoms in total. The molecule has 6 heteroatoms. The molecular weight excluding hydrogens is 309 g/mol. The summed E-state index contributed by atoms with van der Waals surface area (Å²) in [7, 11) is 0. The van der Waals surface area contributed by atoms with E-state index in [-0.39, 0.29) is 30.2 Å².